The van der Waals surface area contributed by atoms with Crippen molar-refractivity contribution in [2.24, 2.45) is 0 Å². The highest BCUT2D eigenvalue weighted by atomic mass is 32.1. The van der Waals surface area contributed by atoms with E-state index in [4.69, 9.17) is 4.52 Å². The Kier molecular flexibility index (Phi) is 4.07. The first-order valence-corrected chi connectivity index (χ1v) is 7.76. The number of aromatic nitrogens is 3. The van der Waals surface area contributed by atoms with E-state index in [1.807, 2.05) is 6.07 Å². The van der Waals surface area contributed by atoms with Gasteiger partial charge in [0.25, 0.3) is 0 Å². The van der Waals surface area contributed by atoms with E-state index in [0.717, 1.165) is 22.6 Å². The lowest BCUT2D eigenvalue weighted by Gasteiger charge is -2.07. The molecule has 2 heterocycles. The second-order valence-electron chi connectivity index (χ2n) is 5.00. The third-order valence-electron chi connectivity index (χ3n) is 3.21. The van der Waals surface area contributed by atoms with Crippen LogP contribution >= 0.6 is 11.3 Å². The van der Waals surface area contributed by atoms with Crippen molar-refractivity contribution in [2.75, 3.05) is 5.32 Å². The molecule has 7 nitrogen and oxygen atoms in total. The maximum atomic E-state index is 12.1. The highest BCUT2D eigenvalue weighted by molar-refractivity contribution is 7.07. The number of thiazole rings is 1. The number of carbonyl (C=O) groups is 1. The van der Waals surface area contributed by atoms with E-state index in [2.05, 4.69) is 15.5 Å². The second-order valence-corrected chi connectivity index (χ2v) is 5.82. The highest BCUT2D eigenvalue weighted by Crippen LogP contribution is 2.20. The van der Waals surface area contributed by atoms with Gasteiger partial charge in [0.2, 0.25) is 17.6 Å². The van der Waals surface area contributed by atoms with Crippen molar-refractivity contribution in [3.05, 3.63) is 50.9 Å². The Balaban J connectivity index is 1.75. The summed E-state index contributed by atoms with van der Waals surface area (Å²) in [6.45, 7) is 3.49. The van der Waals surface area contributed by atoms with Crippen molar-refractivity contribution < 1.29 is 9.32 Å². The summed E-state index contributed by atoms with van der Waals surface area (Å²) in [6, 6.07) is 7.13. The molecule has 8 heteroatoms. The van der Waals surface area contributed by atoms with Gasteiger partial charge >= 0.3 is 4.87 Å². The Bertz CT molecular complexity index is 909. The molecule has 0 atom stereocenters. The van der Waals surface area contributed by atoms with Crippen LogP contribution in [-0.2, 0) is 11.3 Å². The molecule has 0 radical (unpaired) electrons. The fourth-order valence-electron chi connectivity index (χ4n) is 2.09. The fraction of sp³-hybridized carbons (Fsp3) is 0.200. The Morgan fingerprint density at radius 1 is 1.39 bits per heavy atom. The molecule has 3 rings (SSSR count). The van der Waals surface area contributed by atoms with Gasteiger partial charge in [-0.2, -0.15) is 4.98 Å². The molecule has 23 heavy (non-hydrogen) atoms. The molecule has 0 aliphatic carbocycles. The van der Waals surface area contributed by atoms with Gasteiger partial charge in [-0.1, -0.05) is 28.6 Å². The number of benzene rings is 1. The monoisotopic (exact) mass is 330 g/mol. The van der Waals surface area contributed by atoms with Gasteiger partial charge in [-0.15, -0.1) is 0 Å². The van der Waals surface area contributed by atoms with E-state index in [-0.39, 0.29) is 17.3 Å². The lowest BCUT2D eigenvalue weighted by molar-refractivity contribution is -0.116. The minimum Gasteiger partial charge on any atom is -0.339 e. The maximum Gasteiger partial charge on any atom is 0.307 e. The SMILES string of the molecule is Cc1nc(-c2cccc(NC(=O)Cn3c(C)csc3=O)c2)no1. The maximum absolute atomic E-state index is 12.1. The van der Waals surface area contributed by atoms with Crippen molar-refractivity contribution in [2.45, 2.75) is 20.4 Å². The molecule has 0 aliphatic heterocycles. The van der Waals surface area contributed by atoms with Gasteiger partial charge < -0.3 is 9.84 Å². The number of hydrogen-bond acceptors (Lipinski definition) is 6. The van der Waals surface area contributed by atoms with Crippen molar-refractivity contribution in [3.63, 3.8) is 0 Å². The van der Waals surface area contributed by atoms with Crippen LogP contribution in [0.3, 0.4) is 0 Å². The molecule has 0 bridgehead atoms. The molecule has 0 aliphatic rings. The predicted octanol–water partition coefficient (Wildman–Crippen LogP) is 2.22. The largest absolute Gasteiger partial charge is 0.339 e. The van der Waals surface area contributed by atoms with Gasteiger partial charge in [0, 0.05) is 29.2 Å². The summed E-state index contributed by atoms with van der Waals surface area (Å²) >= 11 is 1.08. The number of carbonyl (C=O) groups excluding carboxylic acids is 1. The van der Waals surface area contributed by atoms with Crippen LogP contribution in [-0.4, -0.2) is 20.6 Å². The lowest BCUT2D eigenvalue weighted by atomic mass is 10.2. The number of rotatable bonds is 4. The number of nitrogens with zero attached hydrogens (tertiary/aromatic N) is 3. The summed E-state index contributed by atoms with van der Waals surface area (Å²) in [5, 5.41) is 8.35. The van der Waals surface area contributed by atoms with Gasteiger partial charge in [-0.25, -0.2) is 0 Å². The van der Waals surface area contributed by atoms with Crippen molar-refractivity contribution >= 4 is 22.9 Å². The molecule has 0 fully saturated rings. The summed E-state index contributed by atoms with van der Waals surface area (Å²) in [5.41, 5.74) is 2.12. The highest BCUT2D eigenvalue weighted by Gasteiger charge is 2.10. The number of nitrogens with one attached hydrogen (secondary N) is 1. The standard InChI is InChI=1S/C15H14N4O3S/c1-9-8-23-15(21)19(9)7-13(20)17-12-5-3-4-11(6-12)14-16-10(2)22-18-14/h3-6,8H,7H2,1-2H3,(H,17,20). The average molecular weight is 330 g/mol. The van der Waals surface area contributed by atoms with Crippen molar-refractivity contribution in [1.82, 2.24) is 14.7 Å². The first-order valence-electron chi connectivity index (χ1n) is 6.88. The minimum atomic E-state index is -0.268. The Labute approximate surface area is 135 Å². The van der Waals surface area contributed by atoms with Gasteiger partial charge in [0.1, 0.15) is 6.54 Å². The zero-order valence-corrected chi connectivity index (χ0v) is 13.4. The Morgan fingerprint density at radius 3 is 2.87 bits per heavy atom. The van der Waals surface area contributed by atoms with Gasteiger partial charge in [-0.05, 0) is 19.1 Å². The van der Waals surface area contributed by atoms with E-state index >= 15 is 0 Å². The zero-order chi connectivity index (χ0) is 16.4. The molecular formula is C15H14N4O3S. The van der Waals surface area contributed by atoms with E-state index in [1.165, 1.54) is 4.57 Å². The molecule has 3 aromatic rings. The molecule has 0 saturated carbocycles. The van der Waals surface area contributed by atoms with E-state index < -0.39 is 0 Å². The normalized spacial score (nSPS) is 10.7. The summed E-state index contributed by atoms with van der Waals surface area (Å²) in [4.78, 5) is 27.8. The quantitative estimate of drug-likeness (QED) is 0.792. The molecular weight excluding hydrogens is 316 g/mol. The smallest absolute Gasteiger partial charge is 0.307 e. The Hall–Kier alpha value is -2.74. The minimum absolute atomic E-state index is 0.0142. The molecule has 0 spiro atoms. The summed E-state index contributed by atoms with van der Waals surface area (Å²) in [6.07, 6.45) is 0. The predicted molar refractivity (Wildman–Crippen MR) is 86.4 cm³/mol. The van der Waals surface area contributed by atoms with Crippen LogP contribution in [0.15, 0.2) is 39.0 Å². The summed E-state index contributed by atoms with van der Waals surface area (Å²) in [5.74, 6) is 0.667. The average Bonchev–Trinajstić information content (AvgIpc) is 3.08. The summed E-state index contributed by atoms with van der Waals surface area (Å²) < 4.78 is 6.39. The third-order valence-corrected chi connectivity index (χ3v) is 4.09. The van der Waals surface area contributed by atoms with Crippen LogP contribution in [0.5, 0.6) is 0 Å². The third kappa shape index (κ3) is 3.37. The van der Waals surface area contributed by atoms with Crippen LogP contribution < -0.4 is 10.2 Å². The molecule has 118 valence electrons. The molecule has 2 aromatic heterocycles. The molecule has 0 saturated heterocycles. The van der Waals surface area contributed by atoms with E-state index in [0.29, 0.717) is 17.4 Å². The van der Waals surface area contributed by atoms with E-state index in [1.54, 1.807) is 37.4 Å². The number of aryl methyl sites for hydroxylation is 2. The van der Waals surface area contributed by atoms with E-state index in [9.17, 15) is 9.59 Å². The number of anilines is 1. The molecule has 1 aromatic carbocycles. The van der Waals surface area contributed by atoms with Crippen LogP contribution in [0.1, 0.15) is 11.6 Å². The van der Waals surface area contributed by atoms with Gasteiger partial charge in [0.15, 0.2) is 0 Å². The molecule has 1 N–H and O–H groups in total. The second kappa shape index (κ2) is 6.17. The lowest BCUT2D eigenvalue weighted by Crippen LogP contribution is -2.25. The van der Waals surface area contributed by atoms with Crippen LogP contribution in [0, 0.1) is 13.8 Å². The molecule has 1 amide bonds. The van der Waals surface area contributed by atoms with Crippen LogP contribution in [0.4, 0.5) is 5.69 Å². The van der Waals surface area contributed by atoms with Crippen LogP contribution in [0.25, 0.3) is 11.4 Å². The van der Waals surface area contributed by atoms with Crippen LogP contribution in [0.2, 0.25) is 0 Å². The Morgan fingerprint density at radius 2 is 2.22 bits per heavy atom. The van der Waals surface area contributed by atoms with Gasteiger partial charge in [-0.3, -0.25) is 14.2 Å². The fourth-order valence-corrected chi connectivity index (χ4v) is 2.83. The zero-order valence-electron chi connectivity index (χ0n) is 12.6. The first-order chi connectivity index (χ1) is 11.0. The summed E-state index contributed by atoms with van der Waals surface area (Å²) in [7, 11) is 0. The topological polar surface area (TPSA) is 90.0 Å². The first kappa shape index (κ1) is 15.2. The number of amides is 1. The molecule has 0 unspecified atom stereocenters. The van der Waals surface area contributed by atoms with Crippen molar-refractivity contribution in [3.8, 4) is 11.4 Å². The number of hydrogen-bond donors (Lipinski definition) is 1. The van der Waals surface area contributed by atoms with Crippen molar-refractivity contribution in [1.29, 1.82) is 0 Å². The van der Waals surface area contributed by atoms with Gasteiger partial charge in [0.05, 0.1) is 0 Å².